The van der Waals surface area contributed by atoms with Crippen molar-refractivity contribution in [1.29, 1.82) is 5.26 Å². The topological polar surface area (TPSA) is 123 Å². The number of carbonyl (C=O) groups is 1. The number of likely N-dealkylation sites (tertiary alicyclic amines) is 1. The van der Waals surface area contributed by atoms with Crippen molar-refractivity contribution in [3.05, 3.63) is 59.3 Å². The van der Waals surface area contributed by atoms with Gasteiger partial charge in [-0.25, -0.2) is 14.5 Å². The molecule has 0 radical (unpaired) electrons. The van der Waals surface area contributed by atoms with E-state index in [9.17, 15) is 10.1 Å². The van der Waals surface area contributed by atoms with Crippen LogP contribution in [0.3, 0.4) is 0 Å². The van der Waals surface area contributed by atoms with Gasteiger partial charge in [-0.15, -0.1) is 5.10 Å². The van der Waals surface area contributed by atoms with Crippen LogP contribution < -0.4 is 4.74 Å². The normalized spacial score (nSPS) is 15.2. The highest BCUT2D eigenvalue weighted by Crippen LogP contribution is 2.33. The largest absolute Gasteiger partial charge is 0.471 e. The first-order valence-electron chi connectivity index (χ1n) is 13.4. The number of carbonyl (C=O) groups excluding carboxylic acids is 1. The minimum atomic E-state index is -0.521. The maximum Gasteiger partial charge on any atom is 0.410 e. The number of hydrogen-bond donors (Lipinski definition) is 0. The van der Waals surface area contributed by atoms with E-state index in [4.69, 9.17) is 9.47 Å². The van der Waals surface area contributed by atoms with Crippen LogP contribution in [-0.4, -0.2) is 59.0 Å². The van der Waals surface area contributed by atoms with Crippen LogP contribution in [0.2, 0.25) is 0 Å². The number of aromatic nitrogens is 6. The zero-order valence-electron chi connectivity index (χ0n) is 23.7. The third-order valence-corrected chi connectivity index (χ3v) is 7.01. The van der Waals surface area contributed by atoms with Crippen molar-refractivity contribution in [2.75, 3.05) is 13.1 Å². The molecule has 0 bridgehead atoms. The summed E-state index contributed by atoms with van der Waals surface area (Å²) in [6, 6.07) is 8.10. The molecule has 11 heteroatoms. The minimum absolute atomic E-state index is 0.116. The van der Waals surface area contributed by atoms with Crippen molar-refractivity contribution in [3.63, 3.8) is 0 Å². The lowest BCUT2D eigenvalue weighted by Crippen LogP contribution is -2.42. The van der Waals surface area contributed by atoms with Gasteiger partial charge >= 0.3 is 6.09 Å². The molecule has 4 aromatic rings. The van der Waals surface area contributed by atoms with Gasteiger partial charge in [0.2, 0.25) is 5.88 Å². The van der Waals surface area contributed by atoms with Gasteiger partial charge in [-0.2, -0.15) is 5.26 Å². The maximum absolute atomic E-state index is 12.5. The van der Waals surface area contributed by atoms with E-state index in [-0.39, 0.29) is 18.2 Å². The highest BCUT2D eigenvalue weighted by atomic mass is 16.6. The Hall–Kier alpha value is -4.46. The van der Waals surface area contributed by atoms with Crippen LogP contribution in [0.1, 0.15) is 75.2 Å². The summed E-state index contributed by atoms with van der Waals surface area (Å²) in [4.78, 5) is 23.0. The summed E-state index contributed by atoms with van der Waals surface area (Å²) in [6.45, 7) is 12.7. The number of nitriles is 1. The third-order valence-electron chi connectivity index (χ3n) is 7.01. The lowest BCUT2D eigenvalue weighted by Gasteiger charge is -2.33. The molecule has 5 heterocycles. The van der Waals surface area contributed by atoms with Gasteiger partial charge in [-0.3, -0.25) is 9.38 Å². The predicted octanol–water partition coefficient (Wildman–Crippen LogP) is 5.19. The zero-order chi connectivity index (χ0) is 28.6. The van der Waals surface area contributed by atoms with Gasteiger partial charge in [0, 0.05) is 42.7 Å². The minimum Gasteiger partial charge on any atom is -0.471 e. The molecular formula is C29H34N8O3. The maximum atomic E-state index is 12.5. The fourth-order valence-electron chi connectivity index (χ4n) is 5.00. The first-order chi connectivity index (χ1) is 19.0. The Kier molecular flexibility index (Phi) is 7.19. The Balaban J connectivity index is 1.41. The van der Waals surface area contributed by atoms with Crippen molar-refractivity contribution < 1.29 is 14.3 Å². The van der Waals surface area contributed by atoms with E-state index >= 15 is 0 Å². The van der Waals surface area contributed by atoms with Crippen molar-refractivity contribution >= 4 is 11.7 Å². The Morgan fingerprint density at radius 3 is 2.55 bits per heavy atom. The van der Waals surface area contributed by atoms with Gasteiger partial charge in [-0.05, 0) is 72.1 Å². The van der Waals surface area contributed by atoms with Gasteiger partial charge in [-0.1, -0.05) is 5.21 Å². The number of ether oxygens (including phenoxy) is 2. The lowest BCUT2D eigenvalue weighted by atomic mass is 10.0. The molecule has 0 aliphatic carbocycles. The number of nitrogens with zero attached hydrogens (tertiary/aromatic N) is 8. The van der Waals surface area contributed by atoms with Crippen LogP contribution in [0.25, 0.3) is 16.9 Å². The molecule has 4 aromatic heterocycles. The van der Waals surface area contributed by atoms with E-state index in [1.54, 1.807) is 21.7 Å². The second-order valence-corrected chi connectivity index (χ2v) is 11.3. The molecule has 0 spiro atoms. The molecule has 208 valence electrons. The SMILES string of the molecule is Cc1cncc(C(C)Oc2cc(-c3nnn(C4CCN(C(=O)OC(C)(C)C)CC4)c3C)cc3ncc(C#N)n23)c1. The quantitative estimate of drug-likeness (QED) is 0.338. The van der Waals surface area contributed by atoms with Crippen LogP contribution in [0, 0.1) is 25.2 Å². The van der Waals surface area contributed by atoms with Gasteiger partial charge < -0.3 is 14.4 Å². The molecule has 0 N–H and O–H groups in total. The molecule has 1 fully saturated rings. The van der Waals surface area contributed by atoms with E-state index < -0.39 is 5.60 Å². The van der Waals surface area contributed by atoms with Crippen LogP contribution in [0.4, 0.5) is 4.79 Å². The molecule has 1 aliphatic rings. The van der Waals surface area contributed by atoms with Crippen molar-refractivity contribution in [2.24, 2.45) is 0 Å². The first kappa shape index (κ1) is 27.1. The van der Waals surface area contributed by atoms with Crippen LogP contribution in [-0.2, 0) is 4.74 Å². The fourth-order valence-corrected chi connectivity index (χ4v) is 5.00. The second-order valence-electron chi connectivity index (χ2n) is 11.3. The summed E-state index contributed by atoms with van der Waals surface area (Å²) in [6.07, 6.45) is 6.02. The van der Waals surface area contributed by atoms with E-state index in [1.807, 2.05) is 64.4 Å². The number of imidazole rings is 1. The smallest absolute Gasteiger partial charge is 0.410 e. The van der Waals surface area contributed by atoms with Gasteiger partial charge in [0.15, 0.2) is 0 Å². The number of piperidine rings is 1. The van der Waals surface area contributed by atoms with E-state index in [0.29, 0.717) is 36.0 Å². The molecule has 1 aliphatic heterocycles. The molecular weight excluding hydrogens is 508 g/mol. The molecule has 5 rings (SSSR count). The Morgan fingerprint density at radius 1 is 1.12 bits per heavy atom. The summed E-state index contributed by atoms with van der Waals surface area (Å²) in [5, 5.41) is 18.7. The zero-order valence-corrected chi connectivity index (χ0v) is 23.7. The van der Waals surface area contributed by atoms with E-state index in [2.05, 4.69) is 26.3 Å². The lowest BCUT2D eigenvalue weighted by molar-refractivity contribution is 0.0183. The van der Waals surface area contributed by atoms with Crippen LogP contribution in [0.15, 0.2) is 36.8 Å². The monoisotopic (exact) mass is 542 g/mol. The number of amides is 1. The summed E-state index contributed by atoms with van der Waals surface area (Å²) in [7, 11) is 0. The van der Waals surface area contributed by atoms with Crippen LogP contribution >= 0.6 is 0 Å². The summed E-state index contributed by atoms with van der Waals surface area (Å²) in [5.41, 5.74) is 4.83. The molecule has 40 heavy (non-hydrogen) atoms. The number of aryl methyl sites for hydroxylation is 1. The van der Waals surface area contributed by atoms with Crippen molar-refractivity contribution in [2.45, 2.75) is 72.1 Å². The average Bonchev–Trinajstić information content (AvgIpc) is 3.51. The first-order valence-corrected chi connectivity index (χ1v) is 13.4. The predicted molar refractivity (Wildman–Crippen MR) is 148 cm³/mol. The van der Waals surface area contributed by atoms with Crippen molar-refractivity contribution in [1.82, 2.24) is 34.3 Å². The highest BCUT2D eigenvalue weighted by Gasteiger charge is 2.29. The summed E-state index contributed by atoms with van der Waals surface area (Å²) in [5.74, 6) is 0.482. The molecule has 1 saturated heterocycles. The standard InChI is InChI=1S/C29H34N8O3/c1-18-11-22(16-31-15-18)20(3)39-26-13-21(12-25-32-17-24(14-30)36(25)26)27-19(2)37(34-33-27)23-7-9-35(10-8-23)28(38)40-29(4,5)6/h11-13,15-17,20,23H,7-10H2,1-6H3. The van der Waals surface area contributed by atoms with E-state index in [0.717, 1.165) is 35.2 Å². The molecule has 1 unspecified atom stereocenters. The number of pyridine rings is 2. The summed E-state index contributed by atoms with van der Waals surface area (Å²) >= 11 is 0. The number of hydrogen-bond acceptors (Lipinski definition) is 8. The van der Waals surface area contributed by atoms with Crippen LogP contribution in [0.5, 0.6) is 5.88 Å². The van der Waals surface area contributed by atoms with Gasteiger partial charge in [0.1, 0.15) is 34.8 Å². The molecule has 0 saturated carbocycles. The number of rotatable bonds is 5. The highest BCUT2D eigenvalue weighted by molar-refractivity contribution is 5.69. The molecule has 0 aromatic carbocycles. The van der Waals surface area contributed by atoms with Gasteiger partial charge in [0.05, 0.1) is 17.9 Å². The fraction of sp³-hybridized carbons (Fsp3) is 0.448. The summed E-state index contributed by atoms with van der Waals surface area (Å²) < 4.78 is 15.6. The number of fused-ring (bicyclic) bond motifs is 1. The van der Waals surface area contributed by atoms with Crippen molar-refractivity contribution in [3.8, 4) is 23.2 Å². The third kappa shape index (κ3) is 5.47. The van der Waals surface area contributed by atoms with E-state index in [1.165, 1.54) is 6.20 Å². The Morgan fingerprint density at radius 2 is 1.88 bits per heavy atom. The average molecular weight is 543 g/mol. The molecule has 1 amide bonds. The molecule has 11 nitrogen and oxygen atoms in total. The second kappa shape index (κ2) is 10.6. The Bertz CT molecular complexity index is 1590. The Labute approximate surface area is 233 Å². The molecule has 1 atom stereocenters. The van der Waals surface area contributed by atoms with Gasteiger partial charge in [0.25, 0.3) is 0 Å².